The number of hydrogen-bond donors (Lipinski definition) is 1. The molecule has 0 bridgehead atoms. The molecule has 2 heterocycles. The Morgan fingerprint density at radius 3 is 2.58 bits per heavy atom. The molecular formula is C26H27FN2O3S. The quantitative estimate of drug-likeness (QED) is 0.621. The topological polar surface area (TPSA) is 60.9 Å². The van der Waals surface area contributed by atoms with Gasteiger partial charge < -0.3 is 10.0 Å². The molecule has 0 radical (unpaired) electrons. The van der Waals surface area contributed by atoms with Gasteiger partial charge in [0, 0.05) is 30.8 Å². The summed E-state index contributed by atoms with van der Waals surface area (Å²) in [6, 6.07) is 18.6. The molecule has 0 spiro atoms. The van der Waals surface area contributed by atoms with E-state index in [1.807, 2.05) is 43.1 Å². The molecule has 0 saturated carbocycles. The van der Waals surface area contributed by atoms with Gasteiger partial charge in [-0.1, -0.05) is 36.4 Å². The average Bonchev–Trinajstić information content (AvgIpc) is 3.25. The Morgan fingerprint density at radius 1 is 1.06 bits per heavy atom. The van der Waals surface area contributed by atoms with E-state index < -0.39 is 16.1 Å². The lowest BCUT2D eigenvalue weighted by Gasteiger charge is -2.44. The predicted molar refractivity (Wildman–Crippen MR) is 127 cm³/mol. The van der Waals surface area contributed by atoms with E-state index in [9.17, 15) is 17.9 Å². The van der Waals surface area contributed by atoms with Crippen molar-refractivity contribution in [2.45, 2.75) is 30.3 Å². The fourth-order valence-electron chi connectivity index (χ4n) is 5.46. The molecule has 2 aliphatic rings. The van der Waals surface area contributed by atoms with Crippen LogP contribution >= 0.6 is 0 Å². The summed E-state index contributed by atoms with van der Waals surface area (Å²) in [5.41, 5.74) is 3.78. The molecule has 5 nitrogen and oxygen atoms in total. The number of rotatable bonds is 4. The van der Waals surface area contributed by atoms with Crippen molar-refractivity contribution in [1.29, 1.82) is 0 Å². The van der Waals surface area contributed by atoms with Crippen LogP contribution in [0.25, 0.3) is 11.1 Å². The van der Waals surface area contributed by atoms with Gasteiger partial charge >= 0.3 is 0 Å². The lowest BCUT2D eigenvalue weighted by atomic mass is 9.81. The van der Waals surface area contributed by atoms with Crippen molar-refractivity contribution >= 4 is 15.7 Å². The SMILES string of the molecule is Cc1cccc(S(=O)(=O)N2CC[C@@H]3[C@@H](CO)N(C)c4ccc(-c5ccccc5F)cc4[C@@H]32)c1. The van der Waals surface area contributed by atoms with Crippen LogP contribution < -0.4 is 4.90 Å². The summed E-state index contributed by atoms with van der Waals surface area (Å²) in [5, 5.41) is 10.2. The van der Waals surface area contributed by atoms with Gasteiger partial charge in [0.15, 0.2) is 0 Å². The van der Waals surface area contributed by atoms with Gasteiger partial charge in [0.25, 0.3) is 0 Å². The number of halogens is 1. The van der Waals surface area contributed by atoms with Crippen LogP contribution in [0, 0.1) is 18.7 Å². The zero-order chi connectivity index (χ0) is 23.3. The van der Waals surface area contributed by atoms with Gasteiger partial charge in [-0.3, -0.25) is 0 Å². The number of fused-ring (bicyclic) bond motifs is 3. The average molecular weight is 467 g/mol. The zero-order valence-electron chi connectivity index (χ0n) is 18.6. The molecule has 172 valence electrons. The molecule has 3 atom stereocenters. The van der Waals surface area contributed by atoms with E-state index in [2.05, 4.69) is 0 Å². The minimum atomic E-state index is -3.75. The van der Waals surface area contributed by atoms with E-state index >= 15 is 0 Å². The standard InChI is InChI=1S/C26H27FN2O3S/c1-17-6-5-7-19(14-17)33(31,32)29-13-12-21-25(16-30)28(2)24-11-10-18(15-22(24)26(21)29)20-8-3-4-9-23(20)27/h3-11,14-15,21,25-26,30H,12-13,16H2,1-2H3/t21-,25-,26-/m1/s1. The summed E-state index contributed by atoms with van der Waals surface area (Å²) in [6.45, 7) is 2.18. The highest BCUT2D eigenvalue weighted by Crippen LogP contribution is 2.51. The van der Waals surface area contributed by atoms with E-state index in [0.717, 1.165) is 16.8 Å². The van der Waals surface area contributed by atoms with Crippen LogP contribution in [0.1, 0.15) is 23.6 Å². The van der Waals surface area contributed by atoms with Crippen LogP contribution in [0.5, 0.6) is 0 Å². The van der Waals surface area contributed by atoms with Crippen LogP contribution in [-0.2, 0) is 10.0 Å². The summed E-state index contributed by atoms with van der Waals surface area (Å²) in [7, 11) is -1.82. The fraction of sp³-hybridized carbons (Fsp3) is 0.308. The first-order valence-corrected chi connectivity index (χ1v) is 12.6. The van der Waals surface area contributed by atoms with Gasteiger partial charge in [0.1, 0.15) is 5.82 Å². The van der Waals surface area contributed by atoms with Crippen LogP contribution in [0.3, 0.4) is 0 Å². The van der Waals surface area contributed by atoms with Gasteiger partial charge in [0.05, 0.1) is 23.6 Å². The highest BCUT2D eigenvalue weighted by Gasteiger charge is 2.50. The highest BCUT2D eigenvalue weighted by atomic mass is 32.2. The molecule has 0 aliphatic carbocycles. The minimum absolute atomic E-state index is 0.0650. The third kappa shape index (κ3) is 3.55. The van der Waals surface area contributed by atoms with Crippen LogP contribution in [0.15, 0.2) is 71.6 Å². The first-order valence-electron chi connectivity index (χ1n) is 11.1. The van der Waals surface area contributed by atoms with E-state index in [1.165, 1.54) is 6.07 Å². The van der Waals surface area contributed by atoms with Crippen molar-refractivity contribution in [3.05, 3.63) is 83.7 Å². The monoisotopic (exact) mass is 466 g/mol. The first-order chi connectivity index (χ1) is 15.8. The molecular weight excluding hydrogens is 439 g/mol. The second kappa shape index (κ2) is 8.24. The number of aliphatic hydroxyl groups excluding tert-OH is 1. The molecule has 1 saturated heterocycles. The summed E-state index contributed by atoms with van der Waals surface area (Å²) >= 11 is 0. The summed E-state index contributed by atoms with van der Waals surface area (Å²) < 4.78 is 43.6. The number of aliphatic hydroxyl groups is 1. The maximum absolute atomic E-state index is 14.5. The van der Waals surface area contributed by atoms with Gasteiger partial charge in [0.2, 0.25) is 10.0 Å². The largest absolute Gasteiger partial charge is 0.394 e. The molecule has 1 fully saturated rings. The minimum Gasteiger partial charge on any atom is -0.394 e. The predicted octanol–water partition coefficient (Wildman–Crippen LogP) is 4.36. The molecule has 1 N–H and O–H groups in total. The number of benzene rings is 3. The second-order valence-electron chi connectivity index (χ2n) is 8.94. The smallest absolute Gasteiger partial charge is 0.243 e. The third-order valence-corrected chi connectivity index (χ3v) is 8.96. The van der Waals surface area contributed by atoms with Crippen LogP contribution in [0.2, 0.25) is 0 Å². The van der Waals surface area contributed by atoms with E-state index in [1.54, 1.807) is 40.7 Å². The third-order valence-electron chi connectivity index (χ3n) is 7.08. The van der Waals surface area contributed by atoms with E-state index in [4.69, 9.17) is 0 Å². The Balaban J connectivity index is 1.67. The van der Waals surface area contributed by atoms with Gasteiger partial charge in [-0.25, -0.2) is 12.8 Å². The summed E-state index contributed by atoms with van der Waals surface area (Å²) in [4.78, 5) is 2.30. The van der Waals surface area contributed by atoms with Gasteiger partial charge in [-0.05, 0) is 60.4 Å². The van der Waals surface area contributed by atoms with Crippen molar-refractivity contribution in [1.82, 2.24) is 4.31 Å². The zero-order valence-corrected chi connectivity index (χ0v) is 19.5. The molecule has 0 unspecified atom stereocenters. The maximum Gasteiger partial charge on any atom is 0.243 e. The number of hydrogen-bond acceptors (Lipinski definition) is 4. The lowest BCUT2D eigenvalue weighted by molar-refractivity contribution is 0.193. The van der Waals surface area contributed by atoms with E-state index in [0.29, 0.717) is 24.1 Å². The van der Waals surface area contributed by atoms with E-state index in [-0.39, 0.29) is 29.3 Å². The Bertz CT molecular complexity index is 1310. The van der Waals surface area contributed by atoms with Gasteiger partial charge in [-0.2, -0.15) is 4.31 Å². The van der Waals surface area contributed by atoms with Crippen molar-refractivity contribution in [2.24, 2.45) is 5.92 Å². The molecule has 3 aromatic carbocycles. The molecule has 5 rings (SSSR count). The Hall–Kier alpha value is -2.74. The molecule has 33 heavy (non-hydrogen) atoms. The number of aryl methyl sites for hydroxylation is 1. The number of sulfonamides is 1. The molecule has 3 aromatic rings. The highest BCUT2D eigenvalue weighted by molar-refractivity contribution is 7.89. The maximum atomic E-state index is 14.5. The number of anilines is 1. The Labute approximate surface area is 194 Å². The molecule has 2 aliphatic heterocycles. The van der Waals surface area contributed by atoms with Crippen molar-refractivity contribution < 1.29 is 17.9 Å². The van der Waals surface area contributed by atoms with Crippen molar-refractivity contribution in [2.75, 3.05) is 25.1 Å². The molecule has 7 heteroatoms. The fourth-order valence-corrected chi connectivity index (χ4v) is 7.23. The molecule has 0 aromatic heterocycles. The number of likely N-dealkylation sites (N-methyl/N-ethyl adjacent to an activating group) is 1. The van der Waals surface area contributed by atoms with Gasteiger partial charge in [-0.15, -0.1) is 0 Å². The Kier molecular flexibility index (Phi) is 5.51. The Morgan fingerprint density at radius 2 is 1.85 bits per heavy atom. The lowest BCUT2D eigenvalue weighted by Crippen LogP contribution is -2.48. The van der Waals surface area contributed by atoms with Crippen LogP contribution in [-0.4, -0.2) is 44.1 Å². The normalized spacial score (nSPS) is 22.8. The van der Waals surface area contributed by atoms with Crippen molar-refractivity contribution in [3.63, 3.8) is 0 Å². The van der Waals surface area contributed by atoms with Crippen LogP contribution in [0.4, 0.5) is 10.1 Å². The second-order valence-corrected chi connectivity index (χ2v) is 10.8. The summed E-state index contributed by atoms with van der Waals surface area (Å²) in [5.74, 6) is -0.384. The number of nitrogens with zero attached hydrogens (tertiary/aromatic N) is 2. The molecule has 0 amide bonds. The summed E-state index contributed by atoms with van der Waals surface area (Å²) in [6.07, 6.45) is 0.647. The first kappa shape index (κ1) is 22.1. The van der Waals surface area contributed by atoms with Crippen molar-refractivity contribution in [3.8, 4) is 11.1 Å².